The SMILES string of the molecule is CC(C)CCN(CCC(C)C)C(=O)C1CCN(C(=O)N2CCCC2)CC1. The Labute approximate surface area is 160 Å². The molecule has 150 valence electrons. The van der Waals surface area contributed by atoms with Gasteiger partial charge in [0.15, 0.2) is 0 Å². The summed E-state index contributed by atoms with van der Waals surface area (Å²) in [5.74, 6) is 1.64. The van der Waals surface area contributed by atoms with Crippen molar-refractivity contribution in [1.82, 2.24) is 14.7 Å². The molecule has 2 aliphatic heterocycles. The summed E-state index contributed by atoms with van der Waals surface area (Å²) in [5, 5.41) is 0. The molecule has 5 heteroatoms. The van der Waals surface area contributed by atoms with E-state index in [1.807, 2.05) is 9.80 Å². The van der Waals surface area contributed by atoms with Gasteiger partial charge in [-0.25, -0.2) is 4.79 Å². The van der Waals surface area contributed by atoms with Crippen LogP contribution in [-0.4, -0.2) is 65.9 Å². The van der Waals surface area contributed by atoms with Crippen molar-refractivity contribution in [2.45, 2.75) is 66.2 Å². The van der Waals surface area contributed by atoms with Gasteiger partial charge in [-0.05, 0) is 50.4 Å². The van der Waals surface area contributed by atoms with Crippen LogP contribution >= 0.6 is 0 Å². The summed E-state index contributed by atoms with van der Waals surface area (Å²) >= 11 is 0. The van der Waals surface area contributed by atoms with Crippen molar-refractivity contribution in [3.8, 4) is 0 Å². The van der Waals surface area contributed by atoms with Gasteiger partial charge in [-0.3, -0.25) is 4.79 Å². The molecule has 0 N–H and O–H groups in total. The summed E-state index contributed by atoms with van der Waals surface area (Å²) in [6.45, 7) is 13.9. The third-order valence-corrected chi connectivity index (χ3v) is 5.76. The highest BCUT2D eigenvalue weighted by atomic mass is 16.2. The van der Waals surface area contributed by atoms with Gasteiger partial charge in [-0.1, -0.05) is 27.7 Å². The molecule has 2 saturated heterocycles. The lowest BCUT2D eigenvalue weighted by Crippen LogP contribution is -2.48. The lowest BCUT2D eigenvalue weighted by atomic mass is 9.94. The molecule has 0 radical (unpaired) electrons. The number of nitrogens with zero attached hydrogens (tertiary/aromatic N) is 3. The summed E-state index contributed by atoms with van der Waals surface area (Å²) < 4.78 is 0. The van der Waals surface area contributed by atoms with Crippen molar-refractivity contribution in [2.24, 2.45) is 17.8 Å². The Balaban J connectivity index is 1.85. The molecule has 0 bridgehead atoms. The number of likely N-dealkylation sites (tertiary alicyclic amines) is 2. The molecule has 0 unspecified atom stereocenters. The van der Waals surface area contributed by atoms with Crippen LogP contribution in [-0.2, 0) is 4.79 Å². The Kier molecular flexibility index (Phi) is 8.23. The number of hydrogen-bond donors (Lipinski definition) is 0. The van der Waals surface area contributed by atoms with Crippen LogP contribution in [0, 0.1) is 17.8 Å². The van der Waals surface area contributed by atoms with Crippen LogP contribution in [0.15, 0.2) is 0 Å². The Bertz CT molecular complexity index is 438. The van der Waals surface area contributed by atoms with Crippen molar-refractivity contribution in [3.63, 3.8) is 0 Å². The van der Waals surface area contributed by atoms with E-state index in [0.717, 1.165) is 77.8 Å². The van der Waals surface area contributed by atoms with Gasteiger partial charge in [0.1, 0.15) is 0 Å². The highest BCUT2D eigenvalue weighted by molar-refractivity contribution is 5.80. The van der Waals surface area contributed by atoms with Crippen molar-refractivity contribution in [2.75, 3.05) is 39.3 Å². The number of carbonyl (C=O) groups is 2. The minimum atomic E-state index is 0.0944. The lowest BCUT2D eigenvalue weighted by Gasteiger charge is -2.36. The Morgan fingerprint density at radius 3 is 1.77 bits per heavy atom. The topological polar surface area (TPSA) is 43.9 Å². The van der Waals surface area contributed by atoms with Crippen LogP contribution in [0.5, 0.6) is 0 Å². The first-order valence-corrected chi connectivity index (χ1v) is 10.7. The molecule has 2 fully saturated rings. The molecule has 2 aliphatic rings. The molecule has 0 aliphatic carbocycles. The number of hydrogen-bond acceptors (Lipinski definition) is 2. The molecule has 5 nitrogen and oxygen atoms in total. The second kappa shape index (κ2) is 10.2. The molecule has 2 heterocycles. The molecule has 0 aromatic carbocycles. The molecular weight excluding hydrogens is 326 g/mol. The maximum atomic E-state index is 13.1. The van der Waals surface area contributed by atoms with Crippen LogP contribution in [0.1, 0.15) is 66.2 Å². The van der Waals surface area contributed by atoms with Crippen molar-refractivity contribution < 1.29 is 9.59 Å². The zero-order valence-electron chi connectivity index (χ0n) is 17.4. The molecular formula is C21H39N3O2. The predicted molar refractivity (Wildman–Crippen MR) is 106 cm³/mol. The van der Waals surface area contributed by atoms with E-state index in [1.54, 1.807) is 0 Å². The van der Waals surface area contributed by atoms with Crippen molar-refractivity contribution >= 4 is 11.9 Å². The zero-order chi connectivity index (χ0) is 19.1. The van der Waals surface area contributed by atoms with Crippen LogP contribution in [0.25, 0.3) is 0 Å². The van der Waals surface area contributed by atoms with Gasteiger partial charge in [0.25, 0.3) is 0 Å². The first kappa shape index (κ1) is 21.0. The molecule has 26 heavy (non-hydrogen) atoms. The highest BCUT2D eigenvalue weighted by Crippen LogP contribution is 2.23. The maximum absolute atomic E-state index is 13.1. The molecule has 3 amide bonds. The van der Waals surface area contributed by atoms with E-state index in [4.69, 9.17) is 0 Å². The fraction of sp³-hybridized carbons (Fsp3) is 0.905. The second-order valence-corrected chi connectivity index (χ2v) is 8.93. The fourth-order valence-electron chi connectivity index (χ4n) is 3.84. The van der Waals surface area contributed by atoms with Crippen molar-refractivity contribution in [1.29, 1.82) is 0 Å². The van der Waals surface area contributed by atoms with Gasteiger partial charge in [-0.15, -0.1) is 0 Å². The van der Waals surface area contributed by atoms with Gasteiger partial charge in [-0.2, -0.15) is 0 Å². The molecule has 0 saturated carbocycles. The standard InChI is InChI=1S/C21H39N3O2/c1-17(2)7-13-22(14-8-18(3)4)20(25)19-9-15-24(16-10-19)21(26)23-11-5-6-12-23/h17-19H,5-16H2,1-4H3. The molecule has 0 aromatic heterocycles. The van der Waals surface area contributed by atoms with Crippen molar-refractivity contribution in [3.05, 3.63) is 0 Å². The van der Waals surface area contributed by atoms with E-state index >= 15 is 0 Å². The minimum absolute atomic E-state index is 0.0944. The number of carbonyl (C=O) groups excluding carboxylic acids is 2. The Morgan fingerprint density at radius 1 is 0.846 bits per heavy atom. The molecule has 0 atom stereocenters. The highest BCUT2D eigenvalue weighted by Gasteiger charge is 2.32. The summed E-state index contributed by atoms with van der Waals surface area (Å²) in [4.78, 5) is 31.6. The van der Waals surface area contributed by atoms with E-state index < -0.39 is 0 Å². The van der Waals surface area contributed by atoms with E-state index in [0.29, 0.717) is 17.7 Å². The first-order valence-electron chi connectivity index (χ1n) is 10.7. The largest absolute Gasteiger partial charge is 0.342 e. The van der Waals surface area contributed by atoms with Gasteiger partial charge >= 0.3 is 6.03 Å². The van der Waals surface area contributed by atoms with Crippen LogP contribution in [0.2, 0.25) is 0 Å². The lowest BCUT2D eigenvalue weighted by molar-refractivity contribution is -0.137. The summed E-state index contributed by atoms with van der Waals surface area (Å²) in [7, 11) is 0. The normalized spacial score (nSPS) is 18.8. The smallest absolute Gasteiger partial charge is 0.319 e. The van der Waals surface area contributed by atoms with Crippen LogP contribution in [0.4, 0.5) is 4.79 Å². The monoisotopic (exact) mass is 365 g/mol. The van der Waals surface area contributed by atoms with E-state index in [2.05, 4.69) is 32.6 Å². The second-order valence-electron chi connectivity index (χ2n) is 8.93. The fourth-order valence-corrected chi connectivity index (χ4v) is 3.84. The quantitative estimate of drug-likeness (QED) is 0.688. The number of piperidine rings is 1. The number of rotatable bonds is 7. The van der Waals surface area contributed by atoms with Gasteiger partial charge in [0, 0.05) is 45.2 Å². The summed E-state index contributed by atoms with van der Waals surface area (Å²) in [6, 6.07) is 0.185. The molecule has 2 rings (SSSR count). The van der Waals surface area contributed by atoms with Gasteiger partial charge in [0.2, 0.25) is 5.91 Å². The first-order chi connectivity index (χ1) is 12.4. The molecule has 0 spiro atoms. The van der Waals surface area contributed by atoms with E-state index in [-0.39, 0.29) is 11.9 Å². The van der Waals surface area contributed by atoms with Crippen LogP contribution < -0.4 is 0 Å². The van der Waals surface area contributed by atoms with Gasteiger partial charge in [0.05, 0.1) is 0 Å². The average Bonchev–Trinajstić information content (AvgIpc) is 3.15. The Morgan fingerprint density at radius 2 is 1.31 bits per heavy atom. The van der Waals surface area contributed by atoms with E-state index in [9.17, 15) is 9.59 Å². The molecule has 0 aromatic rings. The third-order valence-electron chi connectivity index (χ3n) is 5.76. The summed E-state index contributed by atoms with van der Waals surface area (Å²) in [6.07, 6.45) is 6.02. The minimum Gasteiger partial charge on any atom is -0.342 e. The number of amides is 3. The average molecular weight is 366 g/mol. The van der Waals surface area contributed by atoms with Gasteiger partial charge < -0.3 is 14.7 Å². The van der Waals surface area contributed by atoms with Crippen LogP contribution in [0.3, 0.4) is 0 Å². The zero-order valence-corrected chi connectivity index (χ0v) is 17.4. The predicted octanol–water partition coefficient (Wildman–Crippen LogP) is 3.84. The third kappa shape index (κ3) is 6.17. The number of urea groups is 1. The summed E-state index contributed by atoms with van der Waals surface area (Å²) in [5.41, 5.74) is 0. The van der Waals surface area contributed by atoms with E-state index in [1.165, 1.54) is 0 Å². The Hall–Kier alpha value is -1.26. The maximum Gasteiger partial charge on any atom is 0.319 e.